The molecule has 2 N–H and O–H groups in total. The number of nitrogens with one attached hydrogen (secondary N) is 1. The van der Waals surface area contributed by atoms with Crippen molar-refractivity contribution in [2.24, 2.45) is 0 Å². The number of carbonyl (C=O) groups excluding carboxylic acids is 1. The van der Waals surface area contributed by atoms with Crippen molar-refractivity contribution in [3.8, 4) is 0 Å². The van der Waals surface area contributed by atoms with Crippen molar-refractivity contribution in [3.63, 3.8) is 0 Å². The Labute approximate surface area is 87.1 Å². The number of aliphatic hydroxyl groups is 1. The minimum atomic E-state index is -0.928. The number of fused-ring (bicyclic) bond motifs is 1. The van der Waals surface area contributed by atoms with E-state index in [0.717, 1.165) is 5.56 Å². The van der Waals surface area contributed by atoms with Gasteiger partial charge in [-0.2, -0.15) is 0 Å². The smallest absolute Gasteiger partial charge is 0.318 e. The lowest BCUT2D eigenvalue weighted by Gasteiger charge is -2.13. The van der Waals surface area contributed by atoms with E-state index < -0.39 is 18.1 Å². The Balaban J connectivity index is 2.29. The summed E-state index contributed by atoms with van der Waals surface area (Å²) in [6.45, 7) is 2.04. The zero-order valence-electron chi connectivity index (χ0n) is 8.30. The SMILES string of the molecule is CCOC(=O)C1c2ccncc2NC1O. The van der Waals surface area contributed by atoms with Crippen LogP contribution in [0.15, 0.2) is 18.5 Å². The van der Waals surface area contributed by atoms with Crippen molar-refractivity contribution < 1.29 is 14.6 Å². The van der Waals surface area contributed by atoms with Gasteiger partial charge in [0.1, 0.15) is 12.1 Å². The number of ether oxygens (including phenoxy) is 1. The third kappa shape index (κ3) is 1.66. The Kier molecular flexibility index (Phi) is 2.55. The molecular weight excluding hydrogens is 196 g/mol. The largest absolute Gasteiger partial charge is 0.465 e. The highest BCUT2D eigenvalue weighted by atomic mass is 16.5. The van der Waals surface area contributed by atoms with Gasteiger partial charge >= 0.3 is 5.97 Å². The Hall–Kier alpha value is -1.62. The summed E-state index contributed by atoms with van der Waals surface area (Å²) in [6.07, 6.45) is 2.24. The number of nitrogens with zero attached hydrogens (tertiary/aromatic N) is 1. The molecule has 1 aromatic rings. The van der Waals surface area contributed by atoms with Crippen LogP contribution >= 0.6 is 0 Å². The molecule has 5 nitrogen and oxygen atoms in total. The maximum atomic E-state index is 11.6. The van der Waals surface area contributed by atoms with E-state index in [-0.39, 0.29) is 0 Å². The van der Waals surface area contributed by atoms with Gasteiger partial charge in [-0.15, -0.1) is 0 Å². The highest BCUT2D eigenvalue weighted by molar-refractivity contribution is 5.84. The zero-order chi connectivity index (χ0) is 10.8. The van der Waals surface area contributed by atoms with Crippen molar-refractivity contribution in [2.45, 2.75) is 19.1 Å². The van der Waals surface area contributed by atoms with Gasteiger partial charge in [0.2, 0.25) is 0 Å². The number of carbonyl (C=O) groups is 1. The standard InChI is InChI=1S/C10H12N2O3/c1-2-15-10(14)8-6-3-4-11-5-7(6)12-9(8)13/h3-5,8-9,12-13H,2H2,1H3. The molecule has 1 aliphatic rings. The van der Waals surface area contributed by atoms with Crippen LogP contribution in [-0.2, 0) is 9.53 Å². The lowest BCUT2D eigenvalue weighted by Crippen LogP contribution is -2.27. The van der Waals surface area contributed by atoms with Crippen LogP contribution in [0.2, 0.25) is 0 Å². The Morgan fingerprint density at radius 1 is 1.73 bits per heavy atom. The second kappa shape index (κ2) is 3.86. The maximum absolute atomic E-state index is 11.6. The van der Waals surface area contributed by atoms with Gasteiger partial charge in [-0.3, -0.25) is 9.78 Å². The minimum absolute atomic E-state index is 0.308. The van der Waals surface area contributed by atoms with Gasteiger partial charge in [-0.25, -0.2) is 0 Å². The lowest BCUT2D eigenvalue weighted by atomic mass is 10.0. The van der Waals surface area contributed by atoms with E-state index in [1.165, 1.54) is 0 Å². The number of aliphatic hydroxyl groups excluding tert-OH is 1. The molecule has 0 aliphatic carbocycles. The van der Waals surface area contributed by atoms with E-state index in [9.17, 15) is 9.90 Å². The molecule has 1 aliphatic heterocycles. The summed E-state index contributed by atoms with van der Waals surface area (Å²) in [5.41, 5.74) is 1.42. The molecule has 0 saturated heterocycles. The predicted octanol–water partition coefficient (Wildman–Crippen LogP) is 0.472. The molecule has 0 fully saturated rings. The summed E-state index contributed by atoms with van der Waals surface area (Å²) in [7, 11) is 0. The highest BCUT2D eigenvalue weighted by Gasteiger charge is 2.37. The van der Waals surface area contributed by atoms with Gasteiger partial charge in [-0.1, -0.05) is 0 Å². The van der Waals surface area contributed by atoms with E-state index in [2.05, 4.69) is 10.3 Å². The van der Waals surface area contributed by atoms with Crippen molar-refractivity contribution in [1.82, 2.24) is 4.98 Å². The summed E-state index contributed by atoms with van der Waals surface area (Å²) in [5, 5.41) is 12.4. The highest BCUT2D eigenvalue weighted by Crippen LogP contribution is 2.34. The first-order valence-corrected chi connectivity index (χ1v) is 4.79. The predicted molar refractivity (Wildman–Crippen MR) is 53.2 cm³/mol. The fourth-order valence-corrected chi connectivity index (χ4v) is 1.70. The molecule has 1 aromatic heterocycles. The molecule has 2 rings (SSSR count). The van der Waals surface area contributed by atoms with E-state index in [1.54, 1.807) is 25.4 Å². The maximum Gasteiger partial charge on any atom is 0.318 e. The summed E-state index contributed by atoms with van der Waals surface area (Å²) in [6, 6.07) is 1.71. The average Bonchev–Trinajstić information content (AvgIpc) is 2.54. The number of hydrogen-bond donors (Lipinski definition) is 2. The fourth-order valence-electron chi connectivity index (χ4n) is 1.70. The molecule has 0 saturated carbocycles. The molecule has 0 amide bonds. The van der Waals surface area contributed by atoms with Crippen LogP contribution in [0, 0.1) is 0 Å². The number of pyridine rings is 1. The molecule has 2 unspecified atom stereocenters. The monoisotopic (exact) mass is 208 g/mol. The summed E-state index contributed by atoms with van der Waals surface area (Å²) in [4.78, 5) is 15.5. The number of aromatic nitrogens is 1. The minimum Gasteiger partial charge on any atom is -0.465 e. The third-order valence-corrected chi connectivity index (χ3v) is 2.35. The fraction of sp³-hybridized carbons (Fsp3) is 0.400. The van der Waals surface area contributed by atoms with Gasteiger partial charge in [0, 0.05) is 6.20 Å². The van der Waals surface area contributed by atoms with Crippen molar-refractivity contribution >= 4 is 11.7 Å². The van der Waals surface area contributed by atoms with Gasteiger partial charge in [0.05, 0.1) is 18.5 Å². The molecule has 0 bridgehead atoms. The number of rotatable bonds is 2. The van der Waals surface area contributed by atoms with Crippen LogP contribution in [0.1, 0.15) is 18.4 Å². The number of esters is 1. The van der Waals surface area contributed by atoms with Gasteiger partial charge in [0.25, 0.3) is 0 Å². The lowest BCUT2D eigenvalue weighted by molar-refractivity contribution is -0.147. The van der Waals surface area contributed by atoms with Crippen LogP contribution < -0.4 is 5.32 Å². The van der Waals surface area contributed by atoms with Crippen molar-refractivity contribution in [1.29, 1.82) is 0 Å². The van der Waals surface area contributed by atoms with Crippen LogP contribution in [0.25, 0.3) is 0 Å². The molecule has 2 atom stereocenters. The van der Waals surface area contributed by atoms with E-state index in [1.807, 2.05) is 0 Å². The second-order valence-electron chi connectivity index (χ2n) is 3.28. The van der Waals surface area contributed by atoms with Crippen LogP contribution in [0.5, 0.6) is 0 Å². The van der Waals surface area contributed by atoms with E-state index in [0.29, 0.717) is 12.3 Å². The average molecular weight is 208 g/mol. The molecule has 0 spiro atoms. The van der Waals surface area contributed by atoms with E-state index >= 15 is 0 Å². The molecule has 2 heterocycles. The normalized spacial score (nSPS) is 23.1. The Bertz CT molecular complexity index is 381. The molecule has 5 heteroatoms. The first-order chi connectivity index (χ1) is 7.24. The van der Waals surface area contributed by atoms with Gasteiger partial charge in [-0.05, 0) is 18.6 Å². The first kappa shape index (κ1) is 9.92. The van der Waals surface area contributed by atoms with Crippen LogP contribution in [0.3, 0.4) is 0 Å². The topological polar surface area (TPSA) is 71.5 Å². The summed E-state index contributed by atoms with van der Waals surface area (Å²) >= 11 is 0. The number of hydrogen-bond acceptors (Lipinski definition) is 5. The third-order valence-electron chi connectivity index (χ3n) is 2.35. The van der Waals surface area contributed by atoms with E-state index in [4.69, 9.17) is 4.74 Å². The molecular formula is C10H12N2O3. The quantitative estimate of drug-likeness (QED) is 0.691. The molecule has 0 aromatic carbocycles. The molecule has 80 valence electrons. The van der Waals surface area contributed by atoms with Gasteiger partial charge < -0.3 is 15.2 Å². The zero-order valence-corrected chi connectivity index (χ0v) is 8.30. The second-order valence-corrected chi connectivity index (χ2v) is 3.28. The van der Waals surface area contributed by atoms with Gasteiger partial charge in [0.15, 0.2) is 0 Å². The summed E-state index contributed by atoms with van der Waals surface area (Å²) < 4.78 is 4.89. The van der Waals surface area contributed by atoms with Crippen molar-refractivity contribution in [3.05, 3.63) is 24.0 Å². The molecule has 0 radical (unpaired) electrons. The van der Waals surface area contributed by atoms with Crippen LogP contribution in [-0.4, -0.2) is 28.9 Å². The molecule has 15 heavy (non-hydrogen) atoms. The van der Waals surface area contributed by atoms with Crippen LogP contribution in [0.4, 0.5) is 5.69 Å². The van der Waals surface area contributed by atoms with Crippen molar-refractivity contribution in [2.75, 3.05) is 11.9 Å². The summed E-state index contributed by atoms with van der Waals surface area (Å²) in [5.74, 6) is -1.06. The number of anilines is 1. The Morgan fingerprint density at radius 3 is 3.27 bits per heavy atom. The Morgan fingerprint density at radius 2 is 2.53 bits per heavy atom. The first-order valence-electron chi connectivity index (χ1n) is 4.79.